The monoisotopic (exact) mass is 1410 g/mol. The maximum atomic E-state index is 5.13. The van der Waals surface area contributed by atoms with Crippen molar-refractivity contribution in [2.24, 2.45) is 0 Å². The van der Waals surface area contributed by atoms with Crippen LogP contribution in [0.25, 0.3) is 178 Å². The minimum Gasteiger partial charge on any atom is -0.264 e. The molecule has 0 bridgehead atoms. The van der Waals surface area contributed by atoms with Crippen molar-refractivity contribution in [1.82, 2.24) is 29.9 Å². The van der Waals surface area contributed by atoms with Crippen LogP contribution < -0.4 is 0 Å². The Kier molecular flexibility index (Phi) is 16.8. The molecule has 0 unspecified atom stereocenters. The van der Waals surface area contributed by atoms with Crippen LogP contribution in [0.2, 0.25) is 0 Å². The molecular weight excluding hydrogens is 1330 g/mol. The molecule has 110 heavy (non-hydrogen) atoms. The second-order valence-electron chi connectivity index (χ2n) is 29.8. The number of rotatable bonds is 12. The van der Waals surface area contributed by atoms with Crippen molar-refractivity contribution < 1.29 is 0 Å². The number of pyridine rings is 2. The highest BCUT2D eigenvalue weighted by molar-refractivity contribution is 6.04. The minimum absolute atomic E-state index is 0.0555. The molecule has 0 N–H and O–H groups in total. The van der Waals surface area contributed by atoms with E-state index in [9.17, 15) is 0 Å². The van der Waals surface area contributed by atoms with Gasteiger partial charge in [-0.15, -0.1) is 0 Å². The third-order valence-corrected chi connectivity index (χ3v) is 22.3. The zero-order chi connectivity index (χ0) is 73.9. The van der Waals surface area contributed by atoms with E-state index >= 15 is 0 Å². The summed E-state index contributed by atoms with van der Waals surface area (Å²) in [6, 6.07) is 126. The topological polar surface area (TPSA) is 77.3 Å². The van der Waals surface area contributed by atoms with Gasteiger partial charge in [-0.3, -0.25) is 9.97 Å². The first kappa shape index (κ1) is 66.7. The quantitative estimate of drug-likeness (QED) is 0.121. The van der Waals surface area contributed by atoms with Crippen LogP contribution in [0.15, 0.2) is 377 Å². The van der Waals surface area contributed by atoms with Crippen LogP contribution in [0.4, 0.5) is 0 Å². The van der Waals surface area contributed by atoms with E-state index in [1.54, 1.807) is 12.4 Å². The van der Waals surface area contributed by atoms with Crippen molar-refractivity contribution in [3.8, 4) is 157 Å². The molecule has 6 nitrogen and oxygen atoms in total. The van der Waals surface area contributed by atoms with Gasteiger partial charge in [0.05, 0.1) is 22.8 Å². The fourth-order valence-corrected chi connectivity index (χ4v) is 16.6. The van der Waals surface area contributed by atoms with Gasteiger partial charge in [0.2, 0.25) is 0 Å². The van der Waals surface area contributed by atoms with Gasteiger partial charge in [-0.05, 0) is 193 Å². The molecule has 2 aliphatic rings. The Bertz CT molecular complexity index is 6550. The zero-order valence-corrected chi connectivity index (χ0v) is 61.5. The molecule has 18 aromatic rings. The lowest BCUT2D eigenvalue weighted by Crippen LogP contribution is -2.15. The molecule has 2 aliphatic carbocycles. The Morgan fingerprint density at radius 2 is 0.555 bits per heavy atom. The van der Waals surface area contributed by atoms with Gasteiger partial charge in [0.15, 0.2) is 11.6 Å². The molecule has 4 heterocycles. The van der Waals surface area contributed by atoms with E-state index < -0.39 is 0 Å². The molecule has 520 valence electrons. The van der Waals surface area contributed by atoms with Crippen LogP contribution >= 0.6 is 0 Å². The van der Waals surface area contributed by atoms with Crippen molar-refractivity contribution in [3.05, 3.63) is 399 Å². The predicted molar refractivity (Wildman–Crippen MR) is 455 cm³/mol. The first-order valence-electron chi connectivity index (χ1n) is 37.7. The van der Waals surface area contributed by atoms with Crippen LogP contribution in [0, 0.1) is 0 Å². The Morgan fingerprint density at radius 3 is 1.03 bits per heavy atom. The summed E-state index contributed by atoms with van der Waals surface area (Å²) >= 11 is 0. The number of fused-ring (bicyclic) bond motifs is 10. The largest absolute Gasteiger partial charge is 0.264 e. The summed E-state index contributed by atoms with van der Waals surface area (Å²) in [6.07, 6.45) is 7.38. The maximum absolute atomic E-state index is 5.13. The molecule has 0 atom stereocenters. The van der Waals surface area contributed by atoms with Crippen LogP contribution in [-0.2, 0) is 10.8 Å². The number of nitrogens with zero attached hydrogens (tertiary/aromatic N) is 6. The lowest BCUT2D eigenvalue weighted by molar-refractivity contribution is 0.661. The summed E-state index contributed by atoms with van der Waals surface area (Å²) in [5.74, 6) is 1.40. The molecule has 0 amide bonds. The fourth-order valence-electron chi connectivity index (χ4n) is 16.6. The fraction of sp³-hybridized carbons (Fsp3) is 0.0577. The standard InChI is InChI=1S/2C52H37N3/c1-52(2)46-26-25-41(31-45(46)50-44-19-7-6-11-35(44)24-27-47(50)52)39-15-8-14-38(29-39)40-16-9-17-42(30-40)49-32-48(54-51(55-49)37-12-4-3-5-13-37)36-22-20-34(21-23-36)43-18-10-28-53-33-43;1-52(2)47-27-25-41(31-46(47)45-26-24-35-11-6-7-19-44(35)50(45)52)39-15-8-14-38(29-39)40-16-9-17-42(30-40)49-32-48(54-51(55-49)37-12-4-3-5-13-37)36-22-20-34(21-23-36)43-18-10-28-53-33-43/h2*3-33H,1-2H3. The lowest BCUT2D eigenvalue weighted by atomic mass is 9.80. The molecule has 0 spiro atoms. The molecule has 14 aromatic carbocycles. The van der Waals surface area contributed by atoms with Crippen molar-refractivity contribution in [2.45, 2.75) is 38.5 Å². The summed E-state index contributed by atoms with van der Waals surface area (Å²) in [4.78, 5) is 29.0. The van der Waals surface area contributed by atoms with Crippen molar-refractivity contribution >= 4 is 21.5 Å². The first-order chi connectivity index (χ1) is 54.0. The molecule has 4 aromatic heterocycles. The average Bonchev–Trinajstić information content (AvgIpc) is 1.57. The van der Waals surface area contributed by atoms with Crippen LogP contribution in [0.5, 0.6) is 0 Å². The average molecular weight is 1410 g/mol. The van der Waals surface area contributed by atoms with Crippen LogP contribution in [0.1, 0.15) is 49.9 Å². The zero-order valence-electron chi connectivity index (χ0n) is 61.5. The molecule has 20 rings (SSSR count). The summed E-state index contributed by atoms with van der Waals surface area (Å²) in [5, 5.41) is 5.24. The predicted octanol–water partition coefficient (Wildman–Crippen LogP) is 26.7. The second kappa shape index (κ2) is 27.8. The Labute approximate surface area is 641 Å². The molecule has 0 radical (unpaired) electrons. The third kappa shape index (κ3) is 12.4. The second-order valence-corrected chi connectivity index (χ2v) is 29.8. The highest BCUT2D eigenvalue weighted by Crippen LogP contribution is 2.54. The molecule has 0 saturated heterocycles. The normalized spacial score (nSPS) is 12.7. The van der Waals surface area contributed by atoms with Crippen molar-refractivity contribution in [2.75, 3.05) is 0 Å². The Hall–Kier alpha value is -13.9. The van der Waals surface area contributed by atoms with Gasteiger partial charge in [0.25, 0.3) is 0 Å². The van der Waals surface area contributed by atoms with Gasteiger partial charge >= 0.3 is 0 Å². The summed E-state index contributed by atoms with van der Waals surface area (Å²) in [7, 11) is 0. The van der Waals surface area contributed by atoms with E-state index in [2.05, 4.69) is 341 Å². The van der Waals surface area contributed by atoms with E-state index in [1.807, 2.05) is 60.9 Å². The molecule has 6 heteroatoms. The van der Waals surface area contributed by atoms with Gasteiger partial charge in [0, 0.05) is 69.0 Å². The van der Waals surface area contributed by atoms with Crippen LogP contribution in [0.3, 0.4) is 0 Å². The SMILES string of the molecule is CC1(C)c2ccc(-c3cccc(-c4cccc(-c5cc(-c6ccc(-c7cccnc7)cc6)nc(-c6ccccc6)n5)c4)c3)cc2-c2c1ccc1ccccc21.CC1(C)c2ccc(-c3cccc(-c4cccc(-c5cc(-c6ccc(-c7cccnc7)cc6)nc(-c6ccccc6)n5)c4)c3)cc2-c2ccc3ccccc3c21. The highest BCUT2D eigenvalue weighted by atomic mass is 14.9. The van der Waals surface area contributed by atoms with Gasteiger partial charge in [-0.1, -0.05) is 319 Å². The summed E-state index contributed by atoms with van der Waals surface area (Å²) in [6.45, 7) is 9.42. The van der Waals surface area contributed by atoms with E-state index in [-0.39, 0.29) is 10.8 Å². The summed E-state index contributed by atoms with van der Waals surface area (Å²) in [5.41, 5.74) is 34.3. The number of benzene rings is 14. The first-order valence-corrected chi connectivity index (χ1v) is 37.7. The Balaban J connectivity index is 0.000000149. The van der Waals surface area contributed by atoms with Gasteiger partial charge in [0.1, 0.15) is 0 Å². The smallest absolute Gasteiger partial charge is 0.160 e. The van der Waals surface area contributed by atoms with Gasteiger partial charge in [-0.25, -0.2) is 19.9 Å². The number of hydrogen-bond donors (Lipinski definition) is 0. The van der Waals surface area contributed by atoms with Crippen molar-refractivity contribution in [1.29, 1.82) is 0 Å². The summed E-state index contributed by atoms with van der Waals surface area (Å²) < 4.78 is 0. The minimum atomic E-state index is -0.0725. The molecule has 0 saturated carbocycles. The molecular formula is C104H74N6. The molecule has 0 aliphatic heterocycles. The number of hydrogen-bond acceptors (Lipinski definition) is 6. The number of aromatic nitrogens is 6. The van der Waals surface area contributed by atoms with Gasteiger partial charge in [-0.2, -0.15) is 0 Å². The van der Waals surface area contributed by atoms with E-state index in [4.69, 9.17) is 19.9 Å². The van der Waals surface area contributed by atoms with E-state index in [0.29, 0.717) is 11.6 Å². The van der Waals surface area contributed by atoms with Crippen molar-refractivity contribution in [3.63, 3.8) is 0 Å². The van der Waals surface area contributed by atoms with E-state index in [1.165, 1.54) is 88.3 Å². The highest BCUT2D eigenvalue weighted by Gasteiger charge is 2.38. The van der Waals surface area contributed by atoms with Gasteiger partial charge < -0.3 is 0 Å². The lowest BCUT2D eigenvalue weighted by Gasteiger charge is -2.23. The molecule has 0 fully saturated rings. The van der Waals surface area contributed by atoms with E-state index in [0.717, 1.165) is 101 Å². The van der Waals surface area contributed by atoms with Crippen LogP contribution in [-0.4, -0.2) is 29.9 Å². The Morgan fingerprint density at radius 1 is 0.209 bits per heavy atom. The maximum Gasteiger partial charge on any atom is 0.160 e. The third-order valence-electron chi connectivity index (χ3n) is 22.3.